The van der Waals surface area contributed by atoms with E-state index < -0.39 is 23.4 Å². The maximum absolute atomic E-state index is 12.0. The van der Waals surface area contributed by atoms with Crippen molar-refractivity contribution >= 4 is 29.3 Å². The maximum atomic E-state index is 12.0. The smallest absolute Gasteiger partial charge is 0.331 e. The number of para-hydroxylation sites is 1. The lowest BCUT2D eigenvalue weighted by atomic mass is 10.2. The summed E-state index contributed by atoms with van der Waals surface area (Å²) in [5.74, 6) is -0.662. The van der Waals surface area contributed by atoms with Crippen LogP contribution in [0.4, 0.5) is 11.4 Å². The van der Waals surface area contributed by atoms with Crippen LogP contribution in [0.25, 0.3) is 6.08 Å². The Bertz CT molecular complexity index is 907. The summed E-state index contributed by atoms with van der Waals surface area (Å²) >= 11 is 0. The fraction of sp³-hybridized carbons (Fsp3) is 0.200. The highest BCUT2D eigenvalue weighted by atomic mass is 16.6. The van der Waals surface area contributed by atoms with E-state index in [9.17, 15) is 19.7 Å². The van der Waals surface area contributed by atoms with Crippen molar-refractivity contribution in [3.05, 3.63) is 69.8 Å². The first kappa shape index (κ1) is 20.6. The van der Waals surface area contributed by atoms with E-state index in [1.807, 2.05) is 19.1 Å². The van der Waals surface area contributed by atoms with Crippen LogP contribution in [0.15, 0.2) is 48.5 Å². The summed E-state index contributed by atoms with van der Waals surface area (Å²) in [6.45, 7) is 3.53. The first-order chi connectivity index (χ1) is 13.4. The van der Waals surface area contributed by atoms with Crippen LogP contribution in [0.3, 0.4) is 0 Å². The highest BCUT2D eigenvalue weighted by Gasteiger charge is 2.12. The number of carbonyl (C=O) groups is 2. The molecule has 0 aliphatic rings. The Hall–Kier alpha value is -3.68. The van der Waals surface area contributed by atoms with Crippen LogP contribution in [-0.4, -0.2) is 30.0 Å². The van der Waals surface area contributed by atoms with Gasteiger partial charge in [0, 0.05) is 23.8 Å². The van der Waals surface area contributed by atoms with E-state index >= 15 is 0 Å². The van der Waals surface area contributed by atoms with Crippen molar-refractivity contribution in [2.75, 3.05) is 18.5 Å². The number of esters is 1. The number of ether oxygens (including phenoxy) is 2. The van der Waals surface area contributed by atoms with Crippen LogP contribution in [0.5, 0.6) is 5.75 Å². The van der Waals surface area contributed by atoms with E-state index in [0.29, 0.717) is 23.5 Å². The molecule has 0 aromatic heterocycles. The molecular formula is C20H20N2O6. The number of nitro benzene ring substituents is 1. The molecule has 146 valence electrons. The largest absolute Gasteiger partial charge is 0.493 e. The first-order valence-electron chi connectivity index (χ1n) is 8.52. The van der Waals surface area contributed by atoms with Crippen LogP contribution < -0.4 is 10.1 Å². The number of benzene rings is 2. The molecule has 0 atom stereocenters. The van der Waals surface area contributed by atoms with E-state index in [4.69, 9.17) is 9.47 Å². The van der Waals surface area contributed by atoms with E-state index in [1.54, 1.807) is 19.1 Å². The summed E-state index contributed by atoms with van der Waals surface area (Å²) in [6.07, 6.45) is 2.74. The summed E-state index contributed by atoms with van der Waals surface area (Å²) in [5, 5.41) is 13.3. The van der Waals surface area contributed by atoms with Crippen LogP contribution in [-0.2, 0) is 14.3 Å². The minimum atomic E-state index is -0.697. The molecule has 0 spiro atoms. The second-order valence-electron chi connectivity index (χ2n) is 5.72. The third-order valence-electron chi connectivity index (χ3n) is 3.67. The van der Waals surface area contributed by atoms with Gasteiger partial charge in [0.15, 0.2) is 6.61 Å². The van der Waals surface area contributed by atoms with Gasteiger partial charge < -0.3 is 14.8 Å². The molecule has 0 heterocycles. The lowest BCUT2D eigenvalue weighted by Gasteiger charge is -2.08. The standard InChI is InChI=1S/C20H20N2O6/c1-3-27-18-7-5-4-6-15(18)9-11-20(24)28-13-19(23)21-17-12-16(22(25)26)10-8-14(17)2/h4-12H,3,13H2,1-2H3,(H,21,23). The second-order valence-corrected chi connectivity index (χ2v) is 5.72. The van der Waals surface area contributed by atoms with Crippen molar-refractivity contribution in [3.8, 4) is 5.75 Å². The average Bonchev–Trinajstić information content (AvgIpc) is 2.67. The normalized spacial score (nSPS) is 10.5. The summed E-state index contributed by atoms with van der Waals surface area (Å²) in [7, 11) is 0. The van der Waals surface area contributed by atoms with Gasteiger partial charge >= 0.3 is 5.97 Å². The summed E-state index contributed by atoms with van der Waals surface area (Å²) in [5.41, 5.74) is 1.50. The van der Waals surface area contributed by atoms with Crippen molar-refractivity contribution in [2.45, 2.75) is 13.8 Å². The molecule has 0 unspecified atom stereocenters. The van der Waals surface area contributed by atoms with Gasteiger partial charge in [0.05, 0.1) is 17.2 Å². The lowest BCUT2D eigenvalue weighted by molar-refractivity contribution is -0.384. The molecule has 2 rings (SSSR count). The molecular weight excluding hydrogens is 364 g/mol. The second kappa shape index (κ2) is 9.86. The monoisotopic (exact) mass is 384 g/mol. The molecule has 1 N–H and O–H groups in total. The topological polar surface area (TPSA) is 108 Å². The number of amides is 1. The number of nitrogens with one attached hydrogen (secondary N) is 1. The van der Waals surface area contributed by atoms with Crippen LogP contribution in [0.2, 0.25) is 0 Å². The molecule has 0 saturated heterocycles. The van der Waals surface area contributed by atoms with E-state index in [1.165, 1.54) is 30.4 Å². The predicted octanol–water partition coefficient (Wildman–Crippen LogP) is 3.50. The molecule has 0 saturated carbocycles. The lowest BCUT2D eigenvalue weighted by Crippen LogP contribution is -2.20. The van der Waals surface area contributed by atoms with Gasteiger partial charge in [-0.05, 0) is 31.6 Å². The van der Waals surface area contributed by atoms with Crippen LogP contribution in [0, 0.1) is 17.0 Å². The highest BCUT2D eigenvalue weighted by molar-refractivity contribution is 5.95. The summed E-state index contributed by atoms with van der Waals surface area (Å²) in [4.78, 5) is 34.1. The SMILES string of the molecule is CCOc1ccccc1C=CC(=O)OCC(=O)Nc1cc([N+](=O)[O-])ccc1C. The van der Waals surface area contributed by atoms with E-state index in [0.717, 1.165) is 0 Å². The average molecular weight is 384 g/mol. The number of rotatable bonds is 8. The van der Waals surface area contributed by atoms with Crippen molar-refractivity contribution in [3.63, 3.8) is 0 Å². The van der Waals surface area contributed by atoms with Gasteiger partial charge in [-0.2, -0.15) is 0 Å². The predicted molar refractivity (Wildman–Crippen MR) is 104 cm³/mol. The number of anilines is 1. The van der Waals surface area contributed by atoms with Gasteiger partial charge in [-0.3, -0.25) is 14.9 Å². The van der Waals surface area contributed by atoms with Gasteiger partial charge in [-0.15, -0.1) is 0 Å². The van der Waals surface area contributed by atoms with Crippen LogP contribution in [0.1, 0.15) is 18.1 Å². The van der Waals surface area contributed by atoms with Gasteiger partial charge in [0.1, 0.15) is 5.75 Å². The number of hydrogen-bond acceptors (Lipinski definition) is 6. The maximum Gasteiger partial charge on any atom is 0.331 e. The fourth-order valence-corrected chi connectivity index (χ4v) is 2.29. The molecule has 2 aromatic rings. The third kappa shape index (κ3) is 5.94. The van der Waals surface area contributed by atoms with E-state index in [2.05, 4.69) is 5.32 Å². The molecule has 0 radical (unpaired) electrons. The Labute approximate surface area is 161 Å². The van der Waals surface area contributed by atoms with E-state index in [-0.39, 0.29) is 11.4 Å². The van der Waals surface area contributed by atoms with Crippen LogP contribution >= 0.6 is 0 Å². The van der Waals surface area contributed by atoms with Gasteiger partial charge in [-0.25, -0.2) is 4.79 Å². The van der Waals surface area contributed by atoms with Gasteiger partial charge in [-0.1, -0.05) is 24.3 Å². The Morgan fingerprint density at radius 1 is 1.21 bits per heavy atom. The molecule has 28 heavy (non-hydrogen) atoms. The van der Waals surface area contributed by atoms with Crippen molar-refractivity contribution in [2.24, 2.45) is 0 Å². The number of carbonyl (C=O) groups excluding carboxylic acids is 2. The zero-order valence-corrected chi connectivity index (χ0v) is 15.5. The molecule has 0 aliphatic heterocycles. The zero-order chi connectivity index (χ0) is 20.5. The summed E-state index contributed by atoms with van der Waals surface area (Å²) < 4.78 is 10.4. The molecule has 0 fully saturated rings. The van der Waals surface area contributed by atoms with Gasteiger partial charge in [0.2, 0.25) is 0 Å². The highest BCUT2D eigenvalue weighted by Crippen LogP contribution is 2.22. The number of aryl methyl sites for hydroxylation is 1. The third-order valence-corrected chi connectivity index (χ3v) is 3.67. The van der Waals surface area contributed by atoms with Gasteiger partial charge in [0.25, 0.3) is 11.6 Å². The van der Waals surface area contributed by atoms with Crippen molar-refractivity contribution in [1.82, 2.24) is 0 Å². The minimum absolute atomic E-state index is 0.145. The Morgan fingerprint density at radius 3 is 2.68 bits per heavy atom. The molecule has 0 bridgehead atoms. The number of non-ortho nitro benzene ring substituents is 1. The molecule has 1 amide bonds. The number of nitrogens with zero attached hydrogens (tertiary/aromatic N) is 1. The molecule has 0 aliphatic carbocycles. The minimum Gasteiger partial charge on any atom is -0.493 e. The number of hydrogen-bond donors (Lipinski definition) is 1. The molecule has 8 heteroatoms. The van der Waals surface area contributed by atoms with Crippen molar-refractivity contribution in [1.29, 1.82) is 0 Å². The quantitative estimate of drug-likeness (QED) is 0.323. The Balaban J connectivity index is 1.92. The summed E-state index contributed by atoms with van der Waals surface area (Å²) in [6, 6.07) is 11.3. The van der Waals surface area contributed by atoms with Crippen molar-refractivity contribution < 1.29 is 24.0 Å². The molecule has 8 nitrogen and oxygen atoms in total. The Morgan fingerprint density at radius 2 is 1.96 bits per heavy atom. The zero-order valence-electron chi connectivity index (χ0n) is 15.5. The number of nitro groups is 1. The first-order valence-corrected chi connectivity index (χ1v) is 8.52. The fourth-order valence-electron chi connectivity index (χ4n) is 2.29. The Kier molecular flexibility index (Phi) is 7.27. The molecule has 2 aromatic carbocycles.